The van der Waals surface area contributed by atoms with Crippen molar-refractivity contribution in [3.05, 3.63) is 11.7 Å². The molecule has 3 aliphatic rings. The Balaban J connectivity index is 1.36. The highest BCUT2D eigenvalue weighted by Gasteiger charge is 2.46. The first-order chi connectivity index (χ1) is 12.0. The van der Waals surface area contributed by atoms with Crippen LogP contribution in [0.3, 0.4) is 0 Å². The third-order valence-electron chi connectivity index (χ3n) is 6.15. The molecule has 2 aliphatic heterocycles. The first-order valence-electron chi connectivity index (χ1n) is 9.61. The van der Waals surface area contributed by atoms with Crippen molar-refractivity contribution < 1.29 is 14.4 Å². The van der Waals surface area contributed by atoms with Crippen LogP contribution in [0.25, 0.3) is 0 Å². The largest absolute Gasteiger partial charge is 0.378 e. The summed E-state index contributed by atoms with van der Waals surface area (Å²) in [6.07, 6.45) is 7.95. The van der Waals surface area contributed by atoms with Crippen LogP contribution in [-0.2, 0) is 10.4 Å². The fraction of sp³-hybridized carbons (Fsp3) is 0.833. The van der Waals surface area contributed by atoms with Crippen LogP contribution in [0, 0.1) is 12.8 Å². The Morgan fingerprint density at radius 2 is 2.04 bits per heavy atom. The molecule has 7 nitrogen and oxygen atoms in total. The summed E-state index contributed by atoms with van der Waals surface area (Å²) in [6.45, 7) is 4.44. The first kappa shape index (κ1) is 17.0. The molecule has 4 rings (SSSR count). The fourth-order valence-corrected chi connectivity index (χ4v) is 4.67. The molecule has 0 radical (unpaired) electrons. The van der Waals surface area contributed by atoms with Crippen LogP contribution in [0.5, 0.6) is 0 Å². The summed E-state index contributed by atoms with van der Waals surface area (Å²) in [6, 6.07) is 0.670. The molecule has 3 fully saturated rings. The van der Waals surface area contributed by atoms with Gasteiger partial charge in [-0.2, -0.15) is 4.98 Å². The Hall–Kier alpha value is -1.47. The summed E-state index contributed by atoms with van der Waals surface area (Å²) < 4.78 is 5.14. The number of likely N-dealkylation sites (tertiary alicyclic amines) is 2. The molecule has 1 N–H and O–H groups in total. The Morgan fingerprint density at radius 3 is 2.76 bits per heavy atom. The quantitative estimate of drug-likeness (QED) is 0.890. The van der Waals surface area contributed by atoms with Gasteiger partial charge in [0.2, 0.25) is 5.91 Å². The maximum absolute atomic E-state index is 12.9. The van der Waals surface area contributed by atoms with E-state index in [2.05, 4.69) is 15.0 Å². The summed E-state index contributed by atoms with van der Waals surface area (Å²) in [7, 11) is 0. The highest BCUT2D eigenvalue weighted by molar-refractivity contribution is 5.79. The van der Waals surface area contributed by atoms with Gasteiger partial charge in [-0.15, -0.1) is 0 Å². The molecule has 0 spiro atoms. The zero-order valence-electron chi connectivity index (χ0n) is 15.0. The number of aliphatic hydroxyl groups is 1. The minimum Gasteiger partial charge on any atom is -0.378 e. The number of carbonyl (C=O) groups is 1. The minimum atomic E-state index is -1.20. The highest BCUT2D eigenvalue weighted by Crippen LogP contribution is 2.34. The Kier molecular flexibility index (Phi) is 4.54. The van der Waals surface area contributed by atoms with Gasteiger partial charge in [-0.3, -0.25) is 9.69 Å². The Labute approximate surface area is 148 Å². The van der Waals surface area contributed by atoms with Crippen LogP contribution < -0.4 is 0 Å². The van der Waals surface area contributed by atoms with Crippen molar-refractivity contribution >= 4 is 5.91 Å². The van der Waals surface area contributed by atoms with Crippen molar-refractivity contribution in [3.8, 4) is 0 Å². The van der Waals surface area contributed by atoms with Crippen LogP contribution in [-0.4, -0.2) is 63.2 Å². The van der Waals surface area contributed by atoms with E-state index in [4.69, 9.17) is 4.52 Å². The van der Waals surface area contributed by atoms with Crippen LogP contribution in [0.2, 0.25) is 0 Å². The van der Waals surface area contributed by atoms with Gasteiger partial charge in [-0.25, -0.2) is 0 Å². The van der Waals surface area contributed by atoms with E-state index in [9.17, 15) is 9.90 Å². The SMILES string of the molecule is Cc1noc([C@]2(O)CCN(C(=O)[C@H]3CCN(C4CCCCC4)C3)C2)n1. The second-order valence-corrected chi connectivity index (χ2v) is 7.96. The molecule has 1 aliphatic carbocycles. The van der Waals surface area contributed by atoms with Gasteiger partial charge in [0.25, 0.3) is 5.89 Å². The normalized spacial score (nSPS) is 31.8. The lowest BCUT2D eigenvalue weighted by Gasteiger charge is -2.31. The van der Waals surface area contributed by atoms with E-state index < -0.39 is 5.60 Å². The lowest BCUT2D eigenvalue weighted by atomic mass is 9.94. The highest BCUT2D eigenvalue weighted by atomic mass is 16.5. The maximum atomic E-state index is 12.9. The molecule has 0 aromatic carbocycles. The zero-order valence-corrected chi connectivity index (χ0v) is 15.0. The predicted molar refractivity (Wildman–Crippen MR) is 90.7 cm³/mol. The number of hydrogen-bond acceptors (Lipinski definition) is 6. The third-order valence-corrected chi connectivity index (χ3v) is 6.15. The molecule has 0 bridgehead atoms. The van der Waals surface area contributed by atoms with Crippen molar-refractivity contribution in [2.24, 2.45) is 5.92 Å². The van der Waals surface area contributed by atoms with Crippen LogP contribution in [0.1, 0.15) is 56.7 Å². The molecule has 3 heterocycles. The van der Waals surface area contributed by atoms with Gasteiger partial charge in [-0.05, 0) is 32.7 Å². The number of rotatable bonds is 3. The summed E-state index contributed by atoms with van der Waals surface area (Å²) in [5.74, 6) is 0.974. The maximum Gasteiger partial charge on any atom is 0.260 e. The van der Waals surface area contributed by atoms with Crippen LogP contribution in [0.15, 0.2) is 4.52 Å². The molecule has 1 aromatic heterocycles. The van der Waals surface area contributed by atoms with Gasteiger partial charge in [0.1, 0.15) is 0 Å². The van der Waals surface area contributed by atoms with Gasteiger partial charge >= 0.3 is 0 Å². The van der Waals surface area contributed by atoms with Crippen molar-refractivity contribution in [2.45, 2.75) is 63.5 Å². The zero-order chi connectivity index (χ0) is 17.4. The lowest BCUT2D eigenvalue weighted by Crippen LogP contribution is -2.40. The minimum absolute atomic E-state index is 0.0636. The number of aryl methyl sites for hydroxylation is 1. The van der Waals surface area contributed by atoms with Gasteiger partial charge in [0.15, 0.2) is 11.4 Å². The number of nitrogens with zero attached hydrogens (tertiary/aromatic N) is 4. The number of β-amino-alcohol motifs (C(OH)–C–C–N with tert-alkyl or cyclic N) is 1. The topological polar surface area (TPSA) is 82.7 Å². The van der Waals surface area contributed by atoms with Gasteiger partial charge in [0, 0.05) is 25.6 Å². The van der Waals surface area contributed by atoms with Gasteiger partial charge in [0.05, 0.1) is 12.5 Å². The monoisotopic (exact) mass is 348 g/mol. The molecule has 25 heavy (non-hydrogen) atoms. The smallest absolute Gasteiger partial charge is 0.260 e. The predicted octanol–water partition coefficient (Wildman–Crippen LogP) is 1.45. The molecule has 2 saturated heterocycles. The van der Waals surface area contributed by atoms with Crippen LogP contribution in [0.4, 0.5) is 0 Å². The van der Waals surface area contributed by atoms with E-state index in [0.29, 0.717) is 24.8 Å². The summed E-state index contributed by atoms with van der Waals surface area (Å²) >= 11 is 0. The average molecular weight is 348 g/mol. The Bertz CT molecular complexity index is 628. The number of carbonyl (C=O) groups excluding carboxylic acids is 1. The molecular weight excluding hydrogens is 320 g/mol. The van der Waals surface area contributed by atoms with E-state index >= 15 is 0 Å². The molecule has 1 aromatic rings. The summed E-state index contributed by atoms with van der Waals surface area (Å²) in [4.78, 5) is 21.4. The molecule has 0 unspecified atom stereocenters. The van der Waals surface area contributed by atoms with Gasteiger partial charge < -0.3 is 14.5 Å². The second-order valence-electron chi connectivity index (χ2n) is 7.96. The summed E-state index contributed by atoms with van der Waals surface area (Å²) in [5.41, 5.74) is -1.20. The average Bonchev–Trinajstić information content (AvgIpc) is 3.35. The molecular formula is C18H28N4O3. The van der Waals surface area contributed by atoms with E-state index in [1.54, 1.807) is 11.8 Å². The third kappa shape index (κ3) is 3.31. The van der Waals surface area contributed by atoms with E-state index in [-0.39, 0.29) is 24.3 Å². The lowest BCUT2D eigenvalue weighted by molar-refractivity contribution is -0.135. The summed E-state index contributed by atoms with van der Waals surface area (Å²) in [5, 5.41) is 14.6. The van der Waals surface area contributed by atoms with Crippen LogP contribution >= 0.6 is 0 Å². The van der Waals surface area contributed by atoms with Crippen molar-refractivity contribution in [1.29, 1.82) is 0 Å². The van der Waals surface area contributed by atoms with Crippen molar-refractivity contribution in [2.75, 3.05) is 26.2 Å². The second kappa shape index (κ2) is 6.68. The first-order valence-corrected chi connectivity index (χ1v) is 9.61. The molecule has 1 amide bonds. The standard InChI is InChI=1S/C18H28N4O3/c1-13-19-17(25-20-13)18(24)8-10-22(12-18)16(23)14-7-9-21(11-14)15-5-3-2-4-6-15/h14-15,24H,2-12H2,1H3/t14-,18-/m0/s1. The molecule has 138 valence electrons. The van der Waals surface area contributed by atoms with Crippen molar-refractivity contribution in [1.82, 2.24) is 19.9 Å². The van der Waals surface area contributed by atoms with E-state index in [1.807, 2.05) is 0 Å². The van der Waals surface area contributed by atoms with E-state index in [1.165, 1.54) is 32.1 Å². The number of hydrogen-bond donors (Lipinski definition) is 1. The number of aromatic nitrogens is 2. The Morgan fingerprint density at radius 1 is 1.24 bits per heavy atom. The molecule has 7 heteroatoms. The van der Waals surface area contributed by atoms with E-state index in [0.717, 1.165) is 19.5 Å². The van der Waals surface area contributed by atoms with Crippen molar-refractivity contribution in [3.63, 3.8) is 0 Å². The molecule has 2 atom stereocenters. The number of amides is 1. The van der Waals surface area contributed by atoms with Gasteiger partial charge in [-0.1, -0.05) is 24.4 Å². The fourth-order valence-electron chi connectivity index (χ4n) is 4.67. The molecule has 1 saturated carbocycles.